The van der Waals surface area contributed by atoms with Gasteiger partial charge in [0.1, 0.15) is 19.3 Å². The van der Waals surface area contributed by atoms with Gasteiger partial charge >= 0.3 is 5.97 Å². The molecule has 0 spiro atoms. The molecule has 3 atom stereocenters. The van der Waals surface area contributed by atoms with Gasteiger partial charge < -0.3 is 28.5 Å². The number of esters is 1. The number of hydrogen-bond donors (Lipinski definition) is 1. The van der Waals surface area contributed by atoms with Crippen LogP contribution in [0, 0.1) is 0 Å². The van der Waals surface area contributed by atoms with Crippen LogP contribution in [0.4, 0.5) is 0 Å². The summed E-state index contributed by atoms with van der Waals surface area (Å²) >= 11 is 0. The number of unbranched alkanes of at least 4 members (excludes halogenated alkanes) is 13. The molecular weight excluding hydrogens is 964 g/mol. The lowest BCUT2D eigenvalue weighted by atomic mass is 10.1. The first-order valence-corrected chi connectivity index (χ1v) is 31.1. The number of phosphoric ester groups is 1. The maximum atomic E-state index is 13.5. The van der Waals surface area contributed by atoms with E-state index in [0.29, 0.717) is 23.9 Å². The van der Waals surface area contributed by atoms with Crippen LogP contribution in [0.1, 0.15) is 207 Å². The Morgan fingerprint density at radius 2 is 0.855 bits per heavy atom. The Labute approximate surface area is 466 Å². The van der Waals surface area contributed by atoms with Gasteiger partial charge in [0.25, 0.3) is 7.82 Å². The number of hydrogen-bond acceptors (Lipinski definition) is 7. The van der Waals surface area contributed by atoms with E-state index >= 15 is 0 Å². The Bertz CT molecular complexity index is 1810. The van der Waals surface area contributed by atoms with Gasteiger partial charge in [-0.25, -0.2) is 0 Å². The Morgan fingerprint density at radius 1 is 0.474 bits per heavy atom. The average molecular weight is 1070 g/mol. The van der Waals surface area contributed by atoms with Gasteiger partial charge in [0, 0.05) is 12.8 Å². The molecule has 0 aromatic heterocycles. The molecule has 0 heterocycles. The number of carbonyl (C=O) groups excluding carboxylic acids is 2. The molecule has 1 N–H and O–H groups in total. The largest absolute Gasteiger partial charge is 0.756 e. The lowest BCUT2D eigenvalue weighted by Gasteiger charge is -2.30. The van der Waals surface area contributed by atoms with Crippen LogP contribution in [-0.2, 0) is 27.9 Å². The van der Waals surface area contributed by atoms with Crippen molar-refractivity contribution in [2.45, 2.75) is 219 Å². The van der Waals surface area contributed by atoms with E-state index in [1.165, 1.54) is 44.9 Å². The topological polar surface area (TPSA) is 114 Å². The molecule has 0 aromatic carbocycles. The molecule has 0 fully saturated rings. The fourth-order valence-corrected chi connectivity index (χ4v) is 8.23. The Balaban J connectivity index is 5.40. The van der Waals surface area contributed by atoms with E-state index < -0.39 is 32.5 Å². The smallest absolute Gasteiger partial charge is 0.306 e. The van der Waals surface area contributed by atoms with Gasteiger partial charge in [-0.15, -0.1) is 0 Å². The van der Waals surface area contributed by atoms with Gasteiger partial charge in [0.2, 0.25) is 5.91 Å². The number of phosphoric acid groups is 1. The number of rotatable bonds is 51. The molecule has 0 bridgehead atoms. The molecule has 0 saturated heterocycles. The minimum absolute atomic E-state index is 0.0486. The number of allylic oxidation sites excluding steroid dienone is 23. The molecule has 0 aromatic rings. The monoisotopic (exact) mass is 1070 g/mol. The van der Waals surface area contributed by atoms with Crippen molar-refractivity contribution in [3.05, 3.63) is 146 Å². The van der Waals surface area contributed by atoms with Crippen molar-refractivity contribution in [2.24, 2.45) is 0 Å². The van der Waals surface area contributed by atoms with E-state index in [1.807, 2.05) is 39.4 Å². The van der Waals surface area contributed by atoms with Gasteiger partial charge in [-0.2, -0.15) is 0 Å². The number of quaternary nitrogens is 1. The first-order chi connectivity index (χ1) is 36.9. The summed E-state index contributed by atoms with van der Waals surface area (Å²) < 4.78 is 30.2. The van der Waals surface area contributed by atoms with Crippen LogP contribution in [0.15, 0.2) is 146 Å². The Hall–Kier alpha value is -4.11. The van der Waals surface area contributed by atoms with Crippen LogP contribution in [0.5, 0.6) is 0 Å². The molecule has 0 aliphatic rings. The van der Waals surface area contributed by atoms with Crippen LogP contribution >= 0.6 is 7.82 Å². The number of nitrogens with one attached hydrogen (secondary N) is 1. The van der Waals surface area contributed by atoms with Crippen LogP contribution in [0.3, 0.4) is 0 Å². The zero-order valence-corrected chi connectivity index (χ0v) is 49.8. The highest BCUT2D eigenvalue weighted by Gasteiger charge is 2.27. The summed E-state index contributed by atoms with van der Waals surface area (Å²) in [5.74, 6) is -0.682. The van der Waals surface area contributed by atoms with Crippen molar-refractivity contribution >= 4 is 19.7 Å². The van der Waals surface area contributed by atoms with Crippen LogP contribution in [0.25, 0.3) is 0 Å². The van der Waals surface area contributed by atoms with Crippen LogP contribution < -0.4 is 10.2 Å². The lowest BCUT2D eigenvalue weighted by molar-refractivity contribution is -0.870. The second-order valence-corrected chi connectivity index (χ2v) is 21.8. The number of amides is 1. The van der Waals surface area contributed by atoms with Gasteiger partial charge in [-0.1, -0.05) is 225 Å². The van der Waals surface area contributed by atoms with Crippen molar-refractivity contribution in [1.82, 2.24) is 5.32 Å². The standard InChI is InChI=1S/C66H109N2O7P/c1-7-10-13-16-19-22-25-27-29-31-32-33-34-35-36-37-39-41-44-47-50-53-56-59-66(70)75-64(57-54-51-48-45-42-24-21-18-15-12-9-3)63(62-74-76(71,72)73-61-60-68(4,5)6)67-65(69)58-55-52-49-46-43-40-38-30-28-26-23-20-17-14-11-8-2/h10-11,13-14,19-20,22-23,27-30,32-33,35-36,39-41,43,49,52,54,57,63-64H,7-9,12,15-18,21,24-26,31,34,37-38,42,44-48,50-51,53,55-56,58-62H2,1-6H3,(H-,67,69,71,72)/b13-10-,14-11+,22-19-,23-20+,29-27-,30-28+,33-32-,36-35-,41-39-,43-40+,52-49+,57-54-. The van der Waals surface area contributed by atoms with Crippen molar-refractivity contribution in [1.29, 1.82) is 0 Å². The highest BCUT2D eigenvalue weighted by Crippen LogP contribution is 2.38. The maximum absolute atomic E-state index is 13.5. The summed E-state index contributed by atoms with van der Waals surface area (Å²) in [5, 5.41) is 2.96. The SMILES string of the molecule is CC/C=C\C/C=C\C/C=C\C/C=C\C/C=C\C/C=C\CCCCCCC(=O)OC(/C=C\CCCCCCCCCCC)C(COP(=O)([O-])OCC[N+](C)(C)C)NC(=O)CC/C=C/C/C=C/C/C=C/C/C=C/C/C=C/CC. The molecule has 0 aliphatic heterocycles. The minimum atomic E-state index is -4.73. The van der Waals surface area contributed by atoms with Gasteiger partial charge in [0.05, 0.1) is 33.8 Å². The summed E-state index contributed by atoms with van der Waals surface area (Å²) in [7, 11) is 1.10. The van der Waals surface area contributed by atoms with Gasteiger partial charge in [-0.05, 0) is 115 Å². The minimum Gasteiger partial charge on any atom is -0.756 e. The highest BCUT2D eigenvalue weighted by molar-refractivity contribution is 7.45. The molecule has 76 heavy (non-hydrogen) atoms. The Morgan fingerprint density at radius 3 is 1.29 bits per heavy atom. The van der Waals surface area contributed by atoms with E-state index in [1.54, 1.807) is 6.08 Å². The van der Waals surface area contributed by atoms with Gasteiger partial charge in [-0.3, -0.25) is 14.2 Å². The predicted molar refractivity (Wildman–Crippen MR) is 325 cm³/mol. The molecule has 0 aliphatic carbocycles. The molecule has 0 saturated carbocycles. The van der Waals surface area contributed by atoms with E-state index in [-0.39, 0.29) is 25.4 Å². The van der Waals surface area contributed by atoms with Crippen molar-refractivity contribution in [2.75, 3.05) is 40.9 Å². The molecule has 10 heteroatoms. The quantitative estimate of drug-likeness (QED) is 0.0212. The average Bonchev–Trinajstić information content (AvgIpc) is 3.38. The molecule has 1 amide bonds. The lowest BCUT2D eigenvalue weighted by Crippen LogP contribution is -2.47. The second-order valence-electron chi connectivity index (χ2n) is 20.4. The summed E-state index contributed by atoms with van der Waals surface area (Å²) in [6, 6.07) is -0.949. The van der Waals surface area contributed by atoms with Crippen LogP contribution in [-0.4, -0.2) is 69.4 Å². The molecule has 0 radical (unpaired) electrons. The molecule has 3 unspecified atom stereocenters. The fourth-order valence-electron chi connectivity index (χ4n) is 7.51. The van der Waals surface area contributed by atoms with E-state index in [9.17, 15) is 19.0 Å². The first-order valence-electron chi connectivity index (χ1n) is 29.6. The molecular formula is C66H109N2O7P. The highest BCUT2D eigenvalue weighted by atomic mass is 31.2. The van der Waals surface area contributed by atoms with Crippen molar-refractivity contribution in [3.8, 4) is 0 Å². The fraction of sp³-hybridized carbons (Fsp3) is 0.606. The summed E-state index contributed by atoms with van der Waals surface area (Å²) in [6.45, 7) is 6.50. The van der Waals surface area contributed by atoms with Crippen molar-refractivity contribution < 1.29 is 37.3 Å². The third-order valence-corrected chi connectivity index (χ3v) is 13.0. The zero-order chi connectivity index (χ0) is 55.7. The van der Waals surface area contributed by atoms with Crippen molar-refractivity contribution in [3.63, 3.8) is 0 Å². The zero-order valence-electron chi connectivity index (χ0n) is 48.9. The normalized spacial score (nSPS) is 14.8. The number of likely N-dealkylation sites (N-methyl/N-ethyl adjacent to an activating group) is 1. The predicted octanol–water partition coefficient (Wildman–Crippen LogP) is 17.6. The van der Waals surface area contributed by atoms with E-state index in [4.69, 9.17) is 13.8 Å². The molecule has 9 nitrogen and oxygen atoms in total. The number of carbonyl (C=O) groups is 2. The van der Waals surface area contributed by atoms with E-state index in [0.717, 1.165) is 116 Å². The third-order valence-electron chi connectivity index (χ3n) is 12.0. The first kappa shape index (κ1) is 71.9. The summed E-state index contributed by atoms with van der Waals surface area (Å²) in [6.07, 6.45) is 78.4. The third kappa shape index (κ3) is 54.7. The number of nitrogens with zero attached hydrogens (tertiary/aromatic N) is 1. The second kappa shape index (κ2) is 54.3. The van der Waals surface area contributed by atoms with Crippen LogP contribution in [0.2, 0.25) is 0 Å². The van der Waals surface area contributed by atoms with Gasteiger partial charge in [0.15, 0.2) is 0 Å². The molecule has 0 rings (SSSR count). The summed E-state index contributed by atoms with van der Waals surface area (Å²) in [4.78, 5) is 39.9. The number of ether oxygens (including phenoxy) is 1. The van der Waals surface area contributed by atoms with E-state index in [2.05, 4.69) is 148 Å². The Kier molecular flexibility index (Phi) is 51.3. The maximum Gasteiger partial charge on any atom is 0.306 e. The molecule has 430 valence electrons. The summed E-state index contributed by atoms with van der Waals surface area (Å²) in [5.41, 5.74) is 0.